The summed E-state index contributed by atoms with van der Waals surface area (Å²) in [6.07, 6.45) is 2.74. The van der Waals surface area contributed by atoms with Crippen LogP contribution in [0, 0.1) is 13.8 Å². The van der Waals surface area contributed by atoms with E-state index in [9.17, 15) is 0 Å². The van der Waals surface area contributed by atoms with Crippen molar-refractivity contribution < 1.29 is 0 Å². The summed E-state index contributed by atoms with van der Waals surface area (Å²) in [6.45, 7) is 10.1. The van der Waals surface area contributed by atoms with Crippen LogP contribution >= 0.6 is 11.8 Å². The van der Waals surface area contributed by atoms with Gasteiger partial charge in [0.15, 0.2) is 0 Å². The normalized spacial score (nSPS) is 15.1. The Hall–Kier alpha value is -1.29. The molecule has 0 atom stereocenters. The fourth-order valence-electron chi connectivity index (χ4n) is 3.29. The van der Waals surface area contributed by atoms with Gasteiger partial charge in [0.1, 0.15) is 0 Å². The first-order valence-electron chi connectivity index (χ1n) is 8.99. The number of likely N-dealkylation sites (tertiary alicyclic amines) is 1. The van der Waals surface area contributed by atoms with Crippen molar-refractivity contribution in [3.05, 3.63) is 59.2 Å². The molecule has 0 amide bonds. The Morgan fingerprint density at radius 2 is 1.67 bits per heavy atom. The summed E-state index contributed by atoms with van der Waals surface area (Å²) in [6, 6.07) is 15.3. The van der Waals surface area contributed by atoms with Crippen LogP contribution in [0.15, 0.2) is 52.3 Å². The Bertz CT molecular complexity index is 642. The second kappa shape index (κ2) is 8.70. The smallest absolute Gasteiger partial charge is 0.0217 e. The van der Waals surface area contributed by atoms with Crippen LogP contribution < -0.4 is 5.32 Å². The highest BCUT2D eigenvalue weighted by Crippen LogP contribution is 2.34. The van der Waals surface area contributed by atoms with Gasteiger partial charge in [-0.2, -0.15) is 0 Å². The van der Waals surface area contributed by atoms with E-state index in [0.717, 1.165) is 13.1 Å². The minimum absolute atomic E-state index is 0.946. The van der Waals surface area contributed by atoms with E-state index in [1.807, 2.05) is 11.8 Å². The van der Waals surface area contributed by atoms with Crippen LogP contribution in [-0.2, 0) is 6.54 Å². The standard InChI is InChI=1S/C21H28N2S/c1-17-8-7-9-18(2)21(17)24-20-11-4-3-10-19(20)16-22-12-15-23-13-5-6-14-23/h3-4,7-11,22H,5-6,12-16H2,1-2H3. The molecule has 0 aliphatic carbocycles. The molecule has 1 fully saturated rings. The Labute approximate surface area is 150 Å². The zero-order chi connectivity index (χ0) is 16.8. The predicted octanol–water partition coefficient (Wildman–Crippen LogP) is 4.64. The molecule has 0 aromatic heterocycles. The third kappa shape index (κ3) is 4.62. The second-order valence-corrected chi connectivity index (χ2v) is 7.71. The van der Waals surface area contributed by atoms with E-state index >= 15 is 0 Å². The van der Waals surface area contributed by atoms with Crippen molar-refractivity contribution in [3.8, 4) is 0 Å². The molecule has 0 unspecified atom stereocenters. The van der Waals surface area contributed by atoms with Gasteiger partial charge in [0, 0.05) is 29.4 Å². The maximum Gasteiger partial charge on any atom is 0.0217 e. The van der Waals surface area contributed by atoms with Gasteiger partial charge in [0.05, 0.1) is 0 Å². The van der Waals surface area contributed by atoms with E-state index in [4.69, 9.17) is 0 Å². The molecule has 128 valence electrons. The van der Waals surface area contributed by atoms with Crippen LogP contribution in [0.25, 0.3) is 0 Å². The molecular formula is C21H28N2S. The van der Waals surface area contributed by atoms with E-state index in [0.29, 0.717) is 0 Å². The molecule has 24 heavy (non-hydrogen) atoms. The summed E-state index contributed by atoms with van der Waals surface area (Å²) >= 11 is 1.90. The van der Waals surface area contributed by atoms with Gasteiger partial charge in [0.2, 0.25) is 0 Å². The van der Waals surface area contributed by atoms with E-state index < -0.39 is 0 Å². The maximum absolute atomic E-state index is 3.63. The fourth-order valence-corrected chi connectivity index (χ4v) is 4.38. The summed E-state index contributed by atoms with van der Waals surface area (Å²) in [5, 5.41) is 3.63. The molecule has 1 aliphatic heterocycles. The molecule has 2 aromatic rings. The van der Waals surface area contributed by atoms with Gasteiger partial charge < -0.3 is 10.2 Å². The van der Waals surface area contributed by atoms with E-state index in [1.165, 1.54) is 59.0 Å². The average molecular weight is 341 g/mol. The highest BCUT2D eigenvalue weighted by molar-refractivity contribution is 7.99. The summed E-state index contributed by atoms with van der Waals surface area (Å²) in [4.78, 5) is 5.32. The summed E-state index contributed by atoms with van der Waals surface area (Å²) in [5.74, 6) is 0. The lowest BCUT2D eigenvalue weighted by Crippen LogP contribution is -2.29. The third-order valence-corrected chi connectivity index (χ3v) is 6.18. The van der Waals surface area contributed by atoms with Crippen LogP contribution in [0.3, 0.4) is 0 Å². The lowest BCUT2D eigenvalue weighted by atomic mass is 10.2. The Morgan fingerprint density at radius 3 is 2.42 bits per heavy atom. The number of hydrogen-bond acceptors (Lipinski definition) is 3. The fraction of sp³-hybridized carbons (Fsp3) is 0.429. The molecule has 0 bridgehead atoms. The molecule has 2 nitrogen and oxygen atoms in total. The van der Waals surface area contributed by atoms with Gasteiger partial charge in [-0.15, -0.1) is 0 Å². The minimum atomic E-state index is 0.946. The number of rotatable bonds is 7. The van der Waals surface area contributed by atoms with Crippen LogP contribution in [0.2, 0.25) is 0 Å². The number of nitrogens with zero attached hydrogens (tertiary/aromatic N) is 1. The highest BCUT2D eigenvalue weighted by atomic mass is 32.2. The first-order valence-corrected chi connectivity index (χ1v) is 9.81. The molecule has 3 heteroatoms. The van der Waals surface area contributed by atoms with E-state index in [-0.39, 0.29) is 0 Å². The Balaban J connectivity index is 1.60. The van der Waals surface area contributed by atoms with Crippen molar-refractivity contribution in [3.63, 3.8) is 0 Å². The largest absolute Gasteiger partial charge is 0.311 e. The van der Waals surface area contributed by atoms with Crippen molar-refractivity contribution in [2.75, 3.05) is 26.2 Å². The molecule has 0 saturated carbocycles. The first kappa shape index (κ1) is 17.5. The van der Waals surface area contributed by atoms with Gasteiger partial charge in [-0.05, 0) is 62.5 Å². The number of hydrogen-bond donors (Lipinski definition) is 1. The van der Waals surface area contributed by atoms with Crippen molar-refractivity contribution in [1.82, 2.24) is 10.2 Å². The Kier molecular flexibility index (Phi) is 6.36. The molecule has 0 spiro atoms. The van der Waals surface area contributed by atoms with Gasteiger partial charge in [-0.3, -0.25) is 0 Å². The van der Waals surface area contributed by atoms with Gasteiger partial charge in [0.25, 0.3) is 0 Å². The minimum Gasteiger partial charge on any atom is -0.311 e. The van der Waals surface area contributed by atoms with E-state index in [2.05, 4.69) is 66.5 Å². The molecule has 1 N–H and O–H groups in total. The third-order valence-electron chi connectivity index (χ3n) is 4.71. The average Bonchev–Trinajstić information content (AvgIpc) is 3.10. The topological polar surface area (TPSA) is 15.3 Å². The van der Waals surface area contributed by atoms with Crippen molar-refractivity contribution >= 4 is 11.8 Å². The zero-order valence-corrected chi connectivity index (χ0v) is 15.7. The number of benzene rings is 2. The van der Waals surface area contributed by atoms with E-state index in [1.54, 1.807) is 0 Å². The van der Waals surface area contributed by atoms with Gasteiger partial charge in [-0.1, -0.05) is 48.2 Å². The van der Waals surface area contributed by atoms with Crippen molar-refractivity contribution in [2.24, 2.45) is 0 Å². The summed E-state index contributed by atoms with van der Waals surface area (Å²) < 4.78 is 0. The molecule has 1 aliphatic rings. The van der Waals surface area contributed by atoms with Crippen molar-refractivity contribution in [1.29, 1.82) is 0 Å². The SMILES string of the molecule is Cc1cccc(C)c1Sc1ccccc1CNCCN1CCCC1. The summed E-state index contributed by atoms with van der Waals surface area (Å²) in [7, 11) is 0. The second-order valence-electron chi connectivity index (χ2n) is 6.66. The van der Waals surface area contributed by atoms with Gasteiger partial charge in [-0.25, -0.2) is 0 Å². The zero-order valence-electron chi connectivity index (χ0n) is 14.8. The molecule has 3 rings (SSSR count). The predicted molar refractivity (Wildman–Crippen MR) is 104 cm³/mol. The number of aryl methyl sites for hydroxylation is 2. The molecular weight excluding hydrogens is 312 g/mol. The lowest BCUT2D eigenvalue weighted by Gasteiger charge is -2.16. The van der Waals surface area contributed by atoms with Crippen LogP contribution in [0.4, 0.5) is 0 Å². The maximum atomic E-state index is 3.63. The molecule has 2 aromatic carbocycles. The molecule has 1 heterocycles. The van der Waals surface area contributed by atoms with Crippen LogP contribution in [-0.4, -0.2) is 31.1 Å². The first-order chi connectivity index (χ1) is 11.7. The molecule has 1 saturated heterocycles. The summed E-state index contributed by atoms with van der Waals surface area (Å²) in [5.41, 5.74) is 4.11. The number of nitrogens with one attached hydrogen (secondary N) is 1. The van der Waals surface area contributed by atoms with Crippen molar-refractivity contribution in [2.45, 2.75) is 43.0 Å². The Morgan fingerprint density at radius 1 is 0.958 bits per heavy atom. The highest BCUT2D eigenvalue weighted by Gasteiger charge is 2.11. The molecule has 0 radical (unpaired) electrons. The quantitative estimate of drug-likeness (QED) is 0.739. The van der Waals surface area contributed by atoms with Crippen LogP contribution in [0.5, 0.6) is 0 Å². The lowest BCUT2D eigenvalue weighted by molar-refractivity contribution is 0.335. The van der Waals surface area contributed by atoms with Crippen LogP contribution in [0.1, 0.15) is 29.5 Å². The van der Waals surface area contributed by atoms with Gasteiger partial charge >= 0.3 is 0 Å². The monoisotopic (exact) mass is 340 g/mol.